The van der Waals surface area contributed by atoms with Gasteiger partial charge in [-0.1, -0.05) is 65.3 Å². The van der Waals surface area contributed by atoms with E-state index < -0.39 is 18.3 Å². The first kappa shape index (κ1) is 23.5. The molecule has 3 nitrogen and oxygen atoms in total. The summed E-state index contributed by atoms with van der Waals surface area (Å²) in [5.41, 5.74) is 1.07. The normalized spacial score (nSPS) is 49.4. The molecule has 3 saturated carbocycles. The van der Waals surface area contributed by atoms with Crippen LogP contribution in [0.3, 0.4) is 0 Å². The van der Waals surface area contributed by atoms with Crippen LogP contribution in [0, 0.1) is 52.3 Å². The first-order chi connectivity index (χ1) is 14.5. The van der Waals surface area contributed by atoms with Crippen molar-refractivity contribution < 1.29 is 15.3 Å². The molecule has 0 aliphatic heterocycles. The molecule has 176 valence electrons. The maximum atomic E-state index is 11.3. The van der Waals surface area contributed by atoms with Crippen molar-refractivity contribution in [1.82, 2.24) is 0 Å². The van der Waals surface area contributed by atoms with Crippen LogP contribution >= 0.6 is 0 Å². The Bertz CT molecular complexity index is 726. The van der Waals surface area contributed by atoms with E-state index in [4.69, 9.17) is 0 Å². The lowest BCUT2D eigenvalue weighted by molar-refractivity contribution is -0.132. The van der Waals surface area contributed by atoms with E-state index in [0.29, 0.717) is 48.3 Å². The first-order valence-corrected chi connectivity index (χ1v) is 12.9. The lowest BCUT2D eigenvalue weighted by Gasteiger charge is -2.60. The highest BCUT2D eigenvalue weighted by Gasteiger charge is 2.62. The SMILES string of the molecule is CC(C)C(C)C=CC(C)C1CCC2C3C(O)C=C4CC(O)CC(O)C4(C)C3CCC12C. The predicted octanol–water partition coefficient (Wildman–Crippen LogP) is 5.35. The summed E-state index contributed by atoms with van der Waals surface area (Å²) in [6.07, 6.45) is 11.2. The quantitative estimate of drug-likeness (QED) is 0.527. The van der Waals surface area contributed by atoms with Gasteiger partial charge in [0, 0.05) is 11.8 Å². The van der Waals surface area contributed by atoms with Gasteiger partial charge in [0.15, 0.2) is 0 Å². The van der Waals surface area contributed by atoms with E-state index in [9.17, 15) is 15.3 Å². The molecule has 11 atom stereocenters. The van der Waals surface area contributed by atoms with E-state index in [-0.39, 0.29) is 16.7 Å². The number of fused-ring (bicyclic) bond motifs is 5. The first-order valence-electron chi connectivity index (χ1n) is 12.9. The van der Waals surface area contributed by atoms with E-state index in [2.05, 4.69) is 53.7 Å². The molecular formula is C28H46O3. The van der Waals surface area contributed by atoms with E-state index in [1.54, 1.807) is 0 Å². The summed E-state index contributed by atoms with van der Waals surface area (Å²) in [6, 6.07) is 0. The third kappa shape index (κ3) is 3.67. The van der Waals surface area contributed by atoms with Crippen LogP contribution in [0.2, 0.25) is 0 Å². The molecule has 0 spiro atoms. The standard InChI is InChI=1S/C28H46O3/c1-16(2)17(3)7-8-18(4)21-9-10-22-26-23(11-12-27(21,22)5)28(6)19(14-24(26)30)13-20(29)15-25(28)31/h7-8,14,16-18,20-26,29-31H,9-13,15H2,1-6H3. The minimum absolute atomic E-state index is 0.230. The van der Waals surface area contributed by atoms with Crippen molar-refractivity contribution >= 4 is 0 Å². The Kier molecular flexibility index (Phi) is 6.29. The fraction of sp³-hybridized carbons (Fsp3) is 0.857. The van der Waals surface area contributed by atoms with Gasteiger partial charge in [-0.25, -0.2) is 0 Å². The summed E-state index contributed by atoms with van der Waals surface area (Å²) in [5, 5.41) is 32.6. The Labute approximate surface area is 190 Å². The number of rotatable bonds is 4. The molecule has 0 heterocycles. The van der Waals surface area contributed by atoms with Gasteiger partial charge in [0.2, 0.25) is 0 Å². The number of aliphatic hydroxyl groups excluding tert-OH is 3. The van der Waals surface area contributed by atoms with Crippen molar-refractivity contribution in [2.45, 2.75) is 98.4 Å². The van der Waals surface area contributed by atoms with Gasteiger partial charge in [-0.3, -0.25) is 0 Å². The maximum absolute atomic E-state index is 11.3. The zero-order chi connectivity index (χ0) is 22.7. The summed E-state index contributed by atoms with van der Waals surface area (Å²) in [7, 11) is 0. The van der Waals surface area contributed by atoms with Crippen molar-refractivity contribution in [3.05, 3.63) is 23.8 Å². The van der Waals surface area contributed by atoms with Gasteiger partial charge in [-0.05, 0) is 78.9 Å². The van der Waals surface area contributed by atoms with Crippen LogP contribution in [-0.2, 0) is 0 Å². The van der Waals surface area contributed by atoms with E-state index in [1.165, 1.54) is 19.3 Å². The molecule has 31 heavy (non-hydrogen) atoms. The number of allylic oxidation sites excluding steroid dienone is 2. The van der Waals surface area contributed by atoms with Crippen LogP contribution in [0.25, 0.3) is 0 Å². The molecule has 0 aromatic carbocycles. The highest BCUT2D eigenvalue weighted by Crippen LogP contribution is 2.67. The van der Waals surface area contributed by atoms with Crippen LogP contribution in [-0.4, -0.2) is 33.6 Å². The van der Waals surface area contributed by atoms with Gasteiger partial charge in [0.25, 0.3) is 0 Å². The van der Waals surface area contributed by atoms with Crippen LogP contribution in [0.4, 0.5) is 0 Å². The Morgan fingerprint density at radius 2 is 1.68 bits per heavy atom. The summed E-state index contributed by atoms with van der Waals surface area (Å²) < 4.78 is 0. The molecule has 4 rings (SSSR count). The molecule has 0 bridgehead atoms. The Morgan fingerprint density at radius 3 is 2.35 bits per heavy atom. The predicted molar refractivity (Wildman–Crippen MR) is 126 cm³/mol. The maximum Gasteiger partial charge on any atom is 0.0757 e. The highest BCUT2D eigenvalue weighted by molar-refractivity contribution is 5.30. The fourth-order valence-corrected chi connectivity index (χ4v) is 8.31. The molecule has 4 aliphatic rings. The second-order valence-corrected chi connectivity index (χ2v) is 12.4. The monoisotopic (exact) mass is 430 g/mol. The van der Waals surface area contributed by atoms with Gasteiger partial charge in [-0.2, -0.15) is 0 Å². The van der Waals surface area contributed by atoms with Crippen molar-refractivity contribution in [2.24, 2.45) is 52.3 Å². The third-order valence-electron chi connectivity index (χ3n) is 10.7. The molecule has 0 aromatic rings. The van der Waals surface area contributed by atoms with Gasteiger partial charge in [0.05, 0.1) is 18.3 Å². The number of hydrogen-bond donors (Lipinski definition) is 3. The zero-order valence-corrected chi connectivity index (χ0v) is 20.6. The molecule has 0 aromatic heterocycles. The molecular weight excluding hydrogens is 384 g/mol. The van der Waals surface area contributed by atoms with E-state index in [0.717, 1.165) is 12.0 Å². The average Bonchev–Trinajstić information content (AvgIpc) is 3.05. The van der Waals surface area contributed by atoms with Gasteiger partial charge in [-0.15, -0.1) is 0 Å². The minimum atomic E-state index is -0.511. The smallest absolute Gasteiger partial charge is 0.0757 e. The van der Waals surface area contributed by atoms with Crippen LogP contribution < -0.4 is 0 Å². The van der Waals surface area contributed by atoms with Gasteiger partial charge in [0.1, 0.15) is 0 Å². The Morgan fingerprint density at radius 1 is 0.968 bits per heavy atom. The fourth-order valence-electron chi connectivity index (χ4n) is 8.31. The second-order valence-electron chi connectivity index (χ2n) is 12.4. The Balaban J connectivity index is 1.60. The van der Waals surface area contributed by atoms with E-state index >= 15 is 0 Å². The van der Waals surface area contributed by atoms with Crippen LogP contribution in [0.5, 0.6) is 0 Å². The second kappa shape index (κ2) is 8.29. The molecule has 3 fully saturated rings. The molecule has 3 heteroatoms. The largest absolute Gasteiger partial charge is 0.393 e. The van der Waals surface area contributed by atoms with Crippen molar-refractivity contribution in [2.75, 3.05) is 0 Å². The molecule has 0 amide bonds. The number of hydrogen-bond acceptors (Lipinski definition) is 3. The third-order valence-corrected chi connectivity index (χ3v) is 10.7. The lowest BCUT2D eigenvalue weighted by Crippen LogP contribution is -2.58. The van der Waals surface area contributed by atoms with Crippen molar-refractivity contribution in [3.8, 4) is 0 Å². The minimum Gasteiger partial charge on any atom is -0.393 e. The topological polar surface area (TPSA) is 60.7 Å². The molecule has 0 radical (unpaired) electrons. The summed E-state index contributed by atoms with van der Waals surface area (Å²) in [4.78, 5) is 0. The van der Waals surface area contributed by atoms with Gasteiger partial charge < -0.3 is 15.3 Å². The van der Waals surface area contributed by atoms with Crippen LogP contribution in [0.15, 0.2) is 23.8 Å². The highest BCUT2D eigenvalue weighted by atomic mass is 16.3. The molecule has 4 aliphatic carbocycles. The van der Waals surface area contributed by atoms with Crippen molar-refractivity contribution in [1.29, 1.82) is 0 Å². The zero-order valence-electron chi connectivity index (χ0n) is 20.6. The summed E-state index contributed by atoms with van der Waals surface area (Å²) in [6.45, 7) is 14.0. The van der Waals surface area contributed by atoms with Gasteiger partial charge >= 0.3 is 0 Å². The lowest BCUT2D eigenvalue weighted by atomic mass is 9.45. The molecule has 11 unspecified atom stereocenters. The average molecular weight is 431 g/mol. The van der Waals surface area contributed by atoms with E-state index in [1.807, 2.05) is 6.08 Å². The Hall–Kier alpha value is -0.640. The van der Waals surface area contributed by atoms with Crippen molar-refractivity contribution in [3.63, 3.8) is 0 Å². The number of aliphatic hydroxyl groups is 3. The molecule has 3 N–H and O–H groups in total. The summed E-state index contributed by atoms with van der Waals surface area (Å²) in [5.74, 6) is 3.56. The summed E-state index contributed by atoms with van der Waals surface area (Å²) >= 11 is 0. The van der Waals surface area contributed by atoms with Crippen LogP contribution in [0.1, 0.15) is 80.1 Å². The molecule has 0 saturated heterocycles.